The molecule has 0 aliphatic rings. The highest BCUT2D eigenvalue weighted by Gasteiger charge is 2.15. The third-order valence-corrected chi connectivity index (χ3v) is 2.49. The average molecular weight is 124 g/mol. The van der Waals surface area contributed by atoms with Crippen molar-refractivity contribution in [3.63, 3.8) is 0 Å². The number of rotatable bonds is 1. The van der Waals surface area contributed by atoms with Crippen molar-refractivity contribution < 1.29 is 14.1 Å². The summed E-state index contributed by atoms with van der Waals surface area (Å²) in [6.45, 7) is 1.34. The fourth-order valence-electron chi connectivity index (χ4n) is 0. The summed E-state index contributed by atoms with van der Waals surface area (Å²) < 4.78 is 11.0. The van der Waals surface area contributed by atoms with E-state index in [4.69, 9.17) is 4.89 Å². The maximum atomic E-state index is 10.4. The van der Waals surface area contributed by atoms with Crippen LogP contribution < -0.4 is 4.67 Å². The monoisotopic (exact) mass is 124 g/mol. The van der Waals surface area contributed by atoms with E-state index in [9.17, 15) is 4.57 Å². The van der Waals surface area contributed by atoms with Crippen molar-refractivity contribution in [2.24, 2.45) is 0 Å². The van der Waals surface area contributed by atoms with Crippen LogP contribution in [0.4, 0.5) is 0 Å². The highest BCUT2D eigenvalue weighted by molar-refractivity contribution is 7.50. The zero-order valence-corrected chi connectivity index (χ0v) is 5.70. The molecule has 0 bridgehead atoms. The minimum absolute atomic E-state index is 0.604. The molecule has 1 unspecified atom stereocenters. The van der Waals surface area contributed by atoms with E-state index in [1.165, 1.54) is 6.66 Å². The summed E-state index contributed by atoms with van der Waals surface area (Å²) in [5, 5.41) is 0. The first kappa shape index (κ1) is 7.15. The van der Waals surface area contributed by atoms with Crippen LogP contribution in [0.25, 0.3) is 0 Å². The quantitative estimate of drug-likeness (QED) is 0.438. The Hall–Kier alpha value is 0.150. The molecule has 3 nitrogen and oxygen atoms in total. The first-order chi connectivity index (χ1) is 2.94. The molecule has 0 aliphatic carbocycles. The van der Waals surface area contributed by atoms with Gasteiger partial charge in [-0.1, -0.05) is 0 Å². The van der Waals surface area contributed by atoms with Gasteiger partial charge in [0.15, 0.2) is 0 Å². The van der Waals surface area contributed by atoms with Crippen molar-refractivity contribution in [1.82, 2.24) is 0 Å². The number of quaternary nitrogens is 1. The zero-order valence-electron chi connectivity index (χ0n) is 4.80. The van der Waals surface area contributed by atoms with Gasteiger partial charge in [-0.25, -0.2) is 4.57 Å². The molecule has 7 heavy (non-hydrogen) atoms. The van der Waals surface area contributed by atoms with Gasteiger partial charge in [0.2, 0.25) is 0 Å². The van der Waals surface area contributed by atoms with Crippen LogP contribution in [0.5, 0.6) is 0 Å². The smallest absolute Gasteiger partial charge is 0.302 e. The maximum Gasteiger partial charge on any atom is 0.374 e. The average Bonchev–Trinajstić information content (AvgIpc) is 1.31. The van der Waals surface area contributed by atoms with Gasteiger partial charge in [0.05, 0.1) is 20.8 Å². The van der Waals surface area contributed by atoms with Crippen molar-refractivity contribution in [2.75, 3.05) is 20.8 Å². The van der Waals surface area contributed by atoms with Gasteiger partial charge in [-0.15, -0.1) is 0 Å². The maximum absolute atomic E-state index is 10.4. The van der Waals surface area contributed by atoms with Crippen LogP contribution in [-0.4, -0.2) is 25.7 Å². The van der Waals surface area contributed by atoms with E-state index in [1.54, 1.807) is 14.1 Å². The summed E-state index contributed by atoms with van der Waals surface area (Å²) in [4.78, 5) is 8.61. The van der Waals surface area contributed by atoms with E-state index in [-0.39, 0.29) is 0 Å². The van der Waals surface area contributed by atoms with Gasteiger partial charge in [0, 0.05) is 0 Å². The van der Waals surface area contributed by atoms with Crippen LogP contribution in [0.2, 0.25) is 0 Å². The van der Waals surface area contributed by atoms with E-state index >= 15 is 0 Å². The third-order valence-electron chi connectivity index (χ3n) is 0.830. The van der Waals surface area contributed by atoms with Crippen LogP contribution in [-0.2, 0) is 4.57 Å². The lowest BCUT2D eigenvalue weighted by Crippen LogP contribution is -3.00. The van der Waals surface area contributed by atoms with E-state index in [0.29, 0.717) is 4.67 Å². The predicted molar refractivity (Wildman–Crippen MR) is 28.6 cm³/mol. The molecule has 2 N–H and O–H groups in total. The van der Waals surface area contributed by atoms with Gasteiger partial charge in [0.25, 0.3) is 0 Å². The van der Waals surface area contributed by atoms with Gasteiger partial charge in [-0.2, -0.15) is 0 Å². The molecule has 0 aliphatic heterocycles. The molecule has 0 radical (unpaired) electrons. The molecule has 0 heterocycles. The van der Waals surface area contributed by atoms with Crippen molar-refractivity contribution in [2.45, 2.75) is 0 Å². The summed E-state index contributed by atoms with van der Waals surface area (Å²) in [6.07, 6.45) is 0. The van der Waals surface area contributed by atoms with Gasteiger partial charge in [-0.3, -0.25) is 4.67 Å². The standard InChI is InChI=1S/C3H10NO2P/c1-4(2)7(3,5)6/h1-3H3,(H,5,6)/p+1. The molecule has 0 saturated carbocycles. The highest BCUT2D eigenvalue weighted by Crippen LogP contribution is 2.20. The Balaban J connectivity index is 3.80. The summed E-state index contributed by atoms with van der Waals surface area (Å²) in [5.41, 5.74) is 0. The van der Waals surface area contributed by atoms with Crippen LogP contribution in [0.3, 0.4) is 0 Å². The molecule has 0 saturated heterocycles. The molecule has 4 heteroatoms. The Bertz CT molecular complexity index is 95.1. The normalized spacial score (nSPS) is 19.6. The second-order valence-electron chi connectivity index (χ2n) is 1.83. The number of hydrogen-bond donors (Lipinski definition) is 2. The Morgan fingerprint density at radius 3 is 1.71 bits per heavy atom. The lowest BCUT2D eigenvalue weighted by molar-refractivity contribution is -0.731. The Kier molecular flexibility index (Phi) is 1.99. The van der Waals surface area contributed by atoms with Crippen LogP contribution >= 0.6 is 7.52 Å². The fourth-order valence-corrected chi connectivity index (χ4v) is 0. The van der Waals surface area contributed by atoms with Crippen LogP contribution in [0.15, 0.2) is 0 Å². The lowest BCUT2D eigenvalue weighted by Gasteiger charge is -2.08. The third kappa shape index (κ3) is 2.80. The minimum atomic E-state index is -2.82. The Morgan fingerprint density at radius 1 is 1.57 bits per heavy atom. The van der Waals surface area contributed by atoms with Crippen LogP contribution in [0, 0.1) is 0 Å². The van der Waals surface area contributed by atoms with E-state index in [2.05, 4.69) is 0 Å². The molecule has 44 valence electrons. The first-order valence-corrected chi connectivity index (χ1v) is 4.16. The molecule has 0 amide bonds. The van der Waals surface area contributed by atoms with Crippen LogP contribution in [0.1, 0.15) is 0 Å². The van der Waals surface area contributed by atoms with Crippen molar-refractivity contribution in [3.05, 3.63) is 0 Å². The molecule has 0 aromatic carbocycles. The number of hydrogen-bond acceptors (Lipinski definition) is 1. The first-order valence-electron chi connectivity index (χ1n) is 2.05. The minimum Gasteiger partial charge on any atom is -0.302 e. The van der Waals surface area contributed by atoms with Gasteiger partial charge < -0.3 is 4.89 Å². The summed E-state index contributed by atoms with van der Waals surface area (Å²) in [5.74, 6) is 0. The van der Waals surface area contributed by atoms with E-state index in [1.807, 2.05) is 0 Å². The number of nitrogens with one attached hydrogen (secondary N) is 1. The van der Waals surface area contributed by atoms with Gasteiger partial charge >= 0.3 is 7.52 Å². The largest absolute Gasteiger partial charge is 0.374 e. The molecule has 0 fully saturated rings. The summed E-state index contributed by atoms with van der Waals surface area (Å²) in [6, 6.07) is 0. The molecule has 0 rings (SSSR count). The van der Waals surface area contributed by atoms with Crippen molar-refractivity contribution >= 4 is 7.52 Å². The second kappa shape index (κ2) is 1.95. The zero-order chi connectivity index (χ0) is 6.08. The Labute approximate surface area is 43.5 Å². The molecule has 1 atom stereocenters. The molecular formula is C3H11NO2P+. The summed E-state index contributed by atoms with van der Waals surface area (Å²) in [7, 11) is 0.486. The van der Waals surface area contributed by atoms with Gasteiger partial charge in [-0.05, 0) is 0 Å². The molecular weight excluding hydrogens is 113 g/mol. The van der Waals surface area contributed by atoms with E-state index in [0.717, 1.165) is 0 Å². The Morgan fingerprint density at radius 2 is 1.71 bits per heavy atom. The predicted octanol–water partition coefficient (Wildman–Crippen LogP) is -1.05. The molecule has 0 aromatic rings. The van der Waals surface area contributed by atoms with E-state index < -0.39 is 7.52 Å². The summed E-state index contributed by atoms with van der Waals surface area (Å²) >= 11 is 0. The topological polar surface area (TPSA) is 41.7 Å². The fraction of sp³-hybridized carbons (Fsp3) is 1.00. The van der Waals surface area contributed by atoms with Crippen molar-refractivity contribution in [3.8, 4) is 0 Å². The SMILES string of the molecule is C[NH+](C)P(C)(=O)O. The molecule has 0 aromatic heterocycles. The second-order valence-corrected chi connectivity index (χ2v) is 4.48. The van der Waals surface area contributed by atoms with Crippen molar-refractivity contribution in [1.29, 1.82) is 0 Å². The molecule has 0 spiro atoms. The highest BCUT2D eigenvalue weighted by atomic mass is 31.2. The lowest BCUT2D eigenvalue weighted by atomic mass is 11.3. The van der Waals surface area contributed by atoms with Gasteiger partial charge in [0.1, 0.15) is 0 Å².